The Hall–Kier alpha value is -4.56. The smallest absolute Gasteiger partial charge is 0.326 e. The number of nitrogens with one attached hydrogen (secondary N) is 2. The highest BCUT2D eigenvalue weighted by Gasteiger charge is 2.17. The van der Waals surface area contributed by atoms with Crippen molar-refractivity contribution in [2.75, 3.05) is 29.9 Å². The van der Waals surface area contributed by atoms with Gasteiger partial charge in [0.15, 0.2) is 6.61 Å². The van der Waals surface area contributed by atoms with E-state index >= 15 is 0 Å². The molecule has 0 spiro atoms. The second-order valence-electron chi connectivity index (χ2n) is 8.42. The Balaban J connectivity index is 1.36. The molecular weight excluding hydrogens is 521 g/mol. The van der Waals surface area contributed by atoms with Crippen LogP contribution in [0.3, 0.4) is 0 Å². The molecule has 0 aromatic heterocycles. The maximum atomic E-state index is 14.2. The van der Waals surface area contributed by atoms with Crippen LogP contribution in [-0.2, 0) is 4.79 Å². The average Bonchev–Trinajstić information content (AvgIpc) is 2.95. The highest BCUT2D eigenvalue weighted by molar-refractivity contribution is 6.30. The third kappa shape index (κ3) is 8.48. The van der Waals surface area contributed by atoms with Crippen molar-refractivity contribution in [2.45, 2.75) is 6.42 Å². The summed E-state index contributed by atoms with van der Waals surface area (Å²) >= 11 is 5.85. The largest absolute Gasteiger partial charge is 0.484 e. The number of carbonyl (C=O) groups is 2. The summed E-state index contributed by atoms with van der Waals surface area (Å²) in [6, 6.07) is 28.5. The van der Waals surface area contributed by atoms with Crippen LogP contribution in [-0.4, -0.2) is 31.6 Å². The fourth-order valence-corrected chi connectivity index (χ4v) is 3.73. The molecule has 9 heteroatoms. The molecule has 0 radical (unpaired) electrons. The molecule has 2 N–H and O–H groups in total. The number of hydrogen-bond acceptors (Lipinski definition) is 4. The van der Waals surface area contributed by atoms with Gasteiger partial charge in [-0.05, 0) is 79.2 Å². The molecule has 0 aliphatic carbocycles. The number of hydrogen-bond donors (Lipinski definition) is 2. The lowest BCUT2D eigenvalue weighted by Crippen LogP contribution is -2.38. The van der Waals surface area contributed by atoms with E-state index in [1.54, 1.807) is 60.7 Å². The molecule has 4 rings (SSSR count). The summed E-state index contributed by atoms with van der Waals surface area (Å²) in [5, 5.41) is 5.97. The molecule has 39 heavy (non-hydrogen) atoms. The Morgan fingerprint density at radius 3 is 2.15 bits per heavy atom. The predicted molar refractivity (Wildman–Crippen MR) is 150 cm³/mol. The van der Waals surface area contributed by atoms with Crippen LogP contribution in [0.15, 0.2) is 103 Å². The number of nitrogens with zero attached hydrogens (tertiary/aromatic N) is 1. The van der Waals surface area contributed by atoms with Crippen LogP contribution in [0, 0.1) is 5.82 Å². The standard InChI is InChI=1S/C30H27ClFN3O4/c31-22-11-15-24(16-12-22)38-21-29(36)33-19-6-20-35(30(37)34-28-10-5-4-9-27(28)32)23-13-17-26(18-14-23)39-25-7-2-1-3-8-25/h1-5,7-18H,6,19-21H2,(H,33,36)(H,34,37). The van der Waals surface area contributed by atoms with Gasteiger partial charge in [-0.15, -0.1) is 0 Å². The lowest BCUT2D eigenvalue weighted by atomic mass is 10.2. The summed E-state index contributed by atoms with van der Waals surface area (Å²) < 4.78 is 25.5. The van der Waals surface area contributed by atoms with Gasteiger partial charge >= 0.3 is 6.03 Å². The van der Waals surface area contributed by atoms with Crippen LogP contribution in [0.4, 0.5) is 20.6 Å². The van der Waals surface area contributed by atoms with E-state index in [0.717, 1.165) is 0 Å². The summed E-state index contributed by atoms with van der Waals surface area (Å²) in [6.07, 6.45) is 0.444. The van der Waals surface area contributed by atoms with Crippen LogP contribution in [0.5, 0.6) is 17.2 Å². The second kappa shape index (κ2) is 13.8. The molecular formula is C30H27ClFN3O4. The Labute approximate surface area is 231 Å². The van der Waals surface area contributed by atoms with Gasteiger partial charge in [0.1, 0.15) is 23.1 Å². The zero-order valence-electron chi connectivity index (χ0n) is 21.0. The van der Waals surface area contributed by atoms with Crippen LogP contribution in [0.2, 0.25) is 5.02 Å². The Bertz CT molecular complexity index is 1370. The summed E-state index contributed by atoms with van der Waals surface area (Å²) in [7, 11) is 0. The van der Waals surface area contributed by atoms with Crippen molar-refractivity contribution in [1.29, 1.82) is 0 Å². The molecule has 0 saturated carbocycles. The molecule has 0 saturated heterocycles. The molecule has 3 amide bonds. The van der Waals surface area contributed by atoms with Crippen molar-refractivity contribution in [2.24, 2.45) is 0 Å². The topological polar surface area (TPSA) is 79.9 Å². The molecule has 0 atom stereocenters. The first kappa shape index (κ1) is 27.5. The van der Waals surface area contributed by atoms with Gasteiger partial charge in [-0.3, -0.25) is 9.69 Å². The van der Waals surface area contributed by atoms with Gasteiger partial charge in [-0.25, -0.2) is 9.18 Å². The van der Waals surface area contributed by atoms with Crippen molar-refractivity contribution in [3.63, 3.8) is 0 Å². The summed E-state index contributed by atoms with van der Waals surface area (Å²) in [4.78, 5) is 26.8. The first-order valence-electron chi connectivity index (χ1n) is 12.3. The summed E-state index contributed by atoms with van der Waals surface area (Å²) in [6.45, 7) is 0.418. The van der Waals surface area contributed by atoms with Gasteiger partial charge < -0.3 is 20.1 Å². The van der Waals surface area contributed by atoms with E-state index in [2.05, 4.69) is 10.6 Å². The highest BCUT2D eigenvalue weighted by Crippen LogP contribution is 2.25. The normalized spacial score (nSPS) is 10.4. The highest BCUT2D eigenvalue weighted by atomic mass is 35.5. The molecule has 0 aliphatic heterocycles. The fourth-order valence-electron chi connectivity index (χ4n) is 3.61. The van der Waals surface area contributed by atoms with Crippen molar-refractivity contribution in [3.8, 4) is 17.2 Å². The number of benzene rings is 4. The number of urea groups is 1. The van der Waals surface area contributed by atoms with Crippen molar-refractivity contribution in [1.82, 2.24) is 5.32 Å². The maximum absolute atomic E-state index is 14.2. The molecule has 0 fully saturated rings. The van der Waals surface area contributed by atoms with E-state index in [1.165, 1.54) is 17.0 Å². The van der Waals surface area contributed by atoms with E-state index in [9.17, 15) is 14.0 Å². The van der Waals surface area contributed by atoms with Gasteiger partial charge in [0.05, 0.1) is 5.69 Å². The van der Waals surface area contributed by atoms with Gasteiger partial charge in [-0.2, -0.15) is 0 Å². The van der Waals surface area contributed by atoms with E-state index in [0.29, 0.717) is 40.9 Å². The maximum Gasteiger partial charge on any atom is 0.326 e. The summed E-state index contributed by atoms with van der Waals surface area (Å²) in [5.74, 6) is 0.993. The SMILES string of the molecule is O=C(COc1ccc(Cl)cc1)NCCCN(C(=O)Nc1ccccc1F)c1ccc(Oc2ccccc2)cc1. The minimum atomic E-state index is -0.537. The zero-order valence-corrected chi connectivity index (χ0v) is 21.7. The van der Waals surface area contributed by atoms with Gasteiger partial charge in [-0.1, -0.05) is 41.9 Å². The molecule has 4 aromatic carbocycles. The fraction of sp³-hybridized carbons (Fsp3) is 0.133. The van der Waals surface area contributed by atoms with E-state index < -0.39 is 11.8 Å². The van der Waals surface area contributed by atoms with Crippen LogP contribution < -0.4 is 25.0 Å². The molecule has 7 nitrogen and oxygen atoms in total. The molecule has 200 valence electrons. The van der Waals surface area contributed by atoms with Crippen molar-refractivity contribution in [3.05, 3.63) is 114 Å². The zero-order chi connectivity index (χ0) is 27.5. The molecule has 4 aromatic rings. The number of amides is 3. The van der Waals surface area contributed by atoms with Crippen molar-refractivity contribution >= 4 is 34.9 Å². The second-order valence-corrected chi connectivity index (χ2v) is 8.85. The Kier molecular flexibility index (Phi) is 9.74. The van der Waals surface area contributed by atoms with Crippen LogP contribution in [0.25, 0.3) is 0 Å². The number of ether oxygens (including phenoxy) is 2. The van der Waals surface area contributed by atoms with E-state index in [1.807, 2.05) is 30.3 Å². The van der Waals surface area contributed by atoms with Crippen molar-refractivity contribution < 1.29 is 23.5 Å². The summed E-state index contributed by atoms with van der Waals surface area (Å²) in [5.41, 5.74) is 0.658. The van der Waals surface area contributed by atoms with Crippen LogP contribution in [0.1, 0.15) is 6.42 Å². The quantitative estimate of drug-likeness (QED) is 0.200. The Morgan fingerprint density at radius 2 is 1.44 bits per heavy atom. The van der Waals surface area contributed by atoms with Gasteiger partial charge in [0.2, 0.25) is 0 Å². The number of carbonyl (C=O) groups excluding carboxylic acids is 2. The average molecular weight is 548 g/mol. The van der Waals surface area contributed by atoms with E-state index in [4.69, 9.17) is 21.1 Å². The first-order chi connectivity index (χ1) is 19.0. The third-order valence-electron chi connectivity index (χ3n) is 5.55. The third-order valence-corrected chi connectivity index (χ3v) is 5.80. The molecule has 0 bridgehead atoms. The Morgan fingerprint density at radius 1 is 0.795 bits per heavy atom. The predicted octanol–water partition coefficient (Wildman–Crippen LogP) is 6.90. The van der Waals surface area contributed by atoms with Gasteiger partial charge in [0.25, 0.3) is 5.91 Å². The molecule has 0 aliphatic rings. The number of rotatable bonds is 11. The first-order valence-corrected chi connectivity index (χ1v) is 12.7. The lowest BCUT2D eigenvalue weighted by molar-refractivity contribution is -0.123. The minimum absolute atomic E-state index is 0.0733. The monoisotopic (exact) mass is 547 g/mol. The van der Waals surface area contributed by atoms with E-state index in [-0.39, 0.29) is 24.7 Å². The molecule has 0 heterocycles. The molecule has 0 unspecified atom stereocenters. The minimum Gasteiger partial charge on any atom is -0.484 e. The number of anilines is 2. The number of para-hydroxylation sites is 2. The van der Waals surface area contributed by atoms with Gasteiger partial charge in [0, 0.05) is 23.8 Å². The number of halogens is 2. The lowest BCUT2D eigenvalue weighted by Gasteiger charge is -2.24. The van der Waals surface area contributed by atoms with Crippen LogP contribution >= 0.6 is 11.6 Å².